The van der Waals surface area contributed by atoms with Gasteiger partial charge in [0.2, 0.25) is 0 Å². The van der Waals surface area contributed by atoms with E-state index in [4.69, 9.17) is 4.74 Å². The van der Waals surface area contributed by atoms with Gasteiger partial charge >= 0.3 is 6.09 Å². The molecule has 4 heteroatoms. The maximum Gasteiger partial charge on any atom is 0.410 e. The molecule has 1 unspecified atom stereocenters. The second kappa shape index (κ2) is 5.53. The number of carbonyl (C=O) groups excluding carboxylic acids is 1. The topological polar surface area (TPSA) is 32.8 Å². The second-order valence-corrected chi connectivity index (χ2v) is 4.74. The van der Waals surface area contributed by atoms with Crippen LogP contribution in [0, 0.1) is 0 Å². The first-order valence-corrected chi connectivity index (χ1v) is 6.41. The van der Waals surface area contributed by atoms with E-state index in [1.165, 1.54) is 32.8 Å². The largest absolute Gasteiger partial charge is 0.453 e. The Labute approximate surface area is 97.5 Å². The minimum Gasteiger partial charge on any atom is -0.453 e. The normalized spacial score (nSPS) is 27.8. The third-order valence-electron chi connectivity index (χ3n) is 3.69. The fraction of sp³-hybridized carbons (Fsp3) is 0.917. The van der Waals surface area contributed by atoms with Crippen LogP contribution in [-0.2, 0) is 4.74 Å². The SMILES string of the molecule is COC(=O)N1CCCCC1N1CCCCC1. The highest BCUT2D eigenvalue weighted by Crippen LogP contribution is 2.23. The Morgan fingerprint density at radius 2 is 1.75 bits per heavy atom. The van der Waals surface area contributed by atoms with E-state index in [1.54, 1.807) is 0 Å². The van der Waals surface area contributed by atoms with E-state index in [2.05, 4.69) is 4.90 Å². The Morgan fingerprint density at radius 1 is 1.06 bits per heavy atom. The molecule has 0 aromatic rings. The molecule has 0 aromatic heterocycles. The van der Waals surface area contributed by atoms with Crippen LogP contribution in [0.2, 0.25) is 0 Å². The summed E-state index contributed by atoms with van der Waals surface area (Å²) >= 11 is 0. The lowest BCUT2D eigenvalue weighted by Crippen LogP contribution is -2.54. The molecular weight excluding hydrogens is 204 g/mol. The van der Waals surface area contributed by atoms with Gasteiger partial charge in [-0.2, -0.15) is 0 Å². The van der Waals surface area contributed by atoms with Crippen molar-refractivity contribution in [2.45, 2.75) is 44.7 Å². The summed E-state index contributed by atoms with van der Waals surface area (Å²) in [7, 11) is 1.48. The molecule has 0 aromatic carbocycles. The Balaban J connectivity index is 2.00. The van der Waals surface area contributed by atoms with Crippen LogP contribution in [0.3, 0.4) is 0 Å². The molecule has 2 fully saturated rings. The molecule has 2 saturated heterocycles. The number of rotatable bonds is 1. The van der Waals surface area contributed by atoms with Crippen LogP contribution < -0.4 is 0 Å². The van der Waals surface area contributed by atoms with Crippen molar-refractivity contribution >= 4 is 6.09 Å². The van der Waals surface area contributed by atoms with Crippen LogP contribution in [-0.4, -0.2) is 48.8 Å². The standard InChI is InChI=1S/C12H22N2O2/c1-16-12(15)14-10-6-3-7-11(14)13-8-4-2-5-9-13/h11H,2-10H2,1H3. The Bertz CT molecular complexity index is 239. The number of methoxy groups -OCH3 is 1. The van der Waals surface area contributed by atoms with E-state index in [-0.39, 0.29) is 6.09 Å². The highest BCUT2D eigenvalue weighted by molar-refractivity contribution is 5.67. The molecule has 2 aliphatic heterocycles. The number of piperidine rings is 2. The molecule has 0 bridgehead atoms. The van der Waals surface area contributed by atoms with E-state index in [0.717, 1.165) is 32.5 Å². The van der Waals surface area contributed by atoms with Gasteiger partial charge in [0.15, 0.2) is 0 Å². The lowest BCUT2D eigenvalue weighted by molar-refractivity contribution is 0.00484. The van der Waals surface area contributed by atoms with Gasteiger partial charge in [-0.1, -0.05) is 6.42 Å². The van der Waals surface area contributed by atoms with E-state index in [1.807, 2.05) is 4.90 Å². The quantitative estimate of drug-likeness (QED) is 0.686. The zero-order valence-electron chi connectivity index (χ0n) is 10.2. The monoisotopic (exact) mass is 226 g/mol. The average molecular weight is 226 g/mol. The van der Waals surface area contributed by atoms with Crippen molar-refractivity contribution in [1.82, 2.24) is 9.80 Å². The van der Waals surface area contributed by atoms with Crippen LogP contribution in [0.25, 0.3) is 0 Å². The molecule has 2 aliphatic rings. The van der Waals surface area contributed by atoms with Gasteiger partial charge < -0.3 is 4.74 Å². The zero-order valence-corrected chi connectivity index (χ0v) is 10.2. The molecule has 16 heavy (non-hydrogen) atoms. The van der Waals surface area contributed by atoms with E-state index >= 15 is 0 Å². The van der Waals surface area contributed by atoms with Crippen molar-refractivity contribution in [2.24, 2.45) is 0 Å². The van der Waals surface area contributed by atoms with Crippen LogP contribution in [0.4, 0.5) is 4.79 Å². The van der Waals surface area contributed by atoms with E-state index in [0.29, 0.717) is 6.17 Å². The highest BCUT2D eigenvalue weighted by atomic mass is 16.5. The van der Waals surface area contributed by atoms with E-state index < -0.39 is 0 Å². The van der Waals surface area contributed by atoms with Crippen molar-refractivity contribution in [3.63, 3.8) is 0 Å². The maximum absolute atomic E-state index is 11.7. The highest BCUT2D eigenvalue weighted by Gasteiger charge is 2.32. The van der Waals surface area contributed by atoms with Crippen LogP contribution >= 0.6 is 0 Å². The number of carbonyl (C=O) groups is 1. The number of ether oxygens (including phenoxy) is 1. The summed E-state index contributed by atoms with van der Waals surface area (Å²) in [5.74, 6) is 0. The first-order chi connectivity index (χ1) is 7.83. The first kappa shape index (κ1) is 11.7. The van der Waals surface area contributed by atoms with Gasteiger partial charge in [0.25, 0.3) is 0 Å². The fourth-order valence-electron chi connectivity index (χ4n) is 2.84. The molecule has 92 valence electrons. The molecule has 2 rings (SSSR count). The number of amides is 1. The summed E-state index contributed by atoms with van der Waals surface area (Å²) in [5.41, 5.74) is 0. The number of nitrogens with zero attached hydrogens (tertiary/aromatic N) is 2. The fourth-order valence-corrected chi connectivity index (χ4v) is 2.84. The third kappa shape index (κ3) is 2.48. The van der Waals surface area contributed by atoms with Crippen LogP contribution in [0.1, 0.15) is 38.5 Å². The molecule has 0 spiro atoms. The van der Waals surface area contributed by atoms with Crippen molar-refractivity contribution in [3.05, 3.63) is 0 Å². The molecule has 4 nitrogen and oxygen atoms in total. The van der Waals surface area contributed by atoms with Crippen molar-refractivity contribution < 1.29 is 9.53 Å². The van der Waals surface area contributed by atoms with Gasteiger partial charge in [-0.25, -0.2) is 4.79 Å². The van der Waals surface area contributed by atoms with Crippen LogP contribution in [0.15, 0.2) is 0 Å². The summed E-state index contributed by atoms with van der Waals surface area (Å²) in [6, 6.07) is 0. The molecule has 0 saturated carbocycles. The Kier molecular flexibility index (Phi) is 4.04. The average Bonchev–Trinajstić information content (AvgIpc) is 2.39. The maximum atomic E-state index is 11.7. The predicted molar refractivity (Wildman–Crippen MR) is 62.2 cm³/mol. The molecule has 2 heterocycles. The smallest absolute Gasteiger partial charge is 0.410 e. The molecule has 0 radical (unpaired) electrons. The zero-order chi connectivity index (χ0) is 11.4. The molecular formula is C12H22N2O2. The second-order valence-electron chi connectivity index (χ2n) is 4.74. The summed E-state index contributed by atoms with van der Waals surface area (Å²) in [5, 5.41) is 0. The van der Waals surface area contributed by atoms with Crippen molar-refractivity contribution in [2.75, 3.05) is 26.7 Å². The van der Waals surface area contributed by atoms with Gasteiger partial charge in [0, 0.05) is 19.6 Å². The van der Waals surface area contributed by atoms with Gasteiger partial charge in [0.1, 0.15) is 0 Å². The first-order valence-electron chi connectivity index (χ1n) is 6.41. The predicted octanol–water partition coefficient (Wildman–Crippen LogP) is 2.05. The van der Waals surface area contributed by atoms with Crippen molar-refractivity contribution in [3.8, 4) is 0 Å². The van der Waals surface area contributed by atoms with Crippen molar-refractivity contribution in [1.29, 1.82) is 0 Å². The van der Waals surface area contributed by atoms with E-state index in [9.17, 15) is 4.79 Å². The molecule has 0 N–H and O–H groups in total. The van der Waals surface area contributed by atoms with Gasteiger partial charge in [-0.05, 0) is 32.1 Å². The number of likely N-dealkylation sites (tertiary alicyclic amines) is 2. The molecule has 1 amide bonds. The van der Waals surface area contributed by atoms with Gasteiger partial charge in [-0.15, -0.1) is 0 Å². The minimum atomic E-state index is -0.157. The lowest BCUT2D eigenvalue weighted by Gasteiger charge is -2.43. The number of hydrogen-bond donors (Lipinski definition) is 0. The van der Waals surface area contributed by atoms with Crippen LogP contribution in [0.5, 0.6) is 0 Å². The number of hydrogen-bond acceptors (Lipinski definition) is 3. The summed E-state index contributed by atoms with van der Waals surface area (Å²) in [4.78, 5) is 16.1. The third-order valence-corrected chi connectivity index (χ3v) is 3.69. The summed E-state index contributed by atoms with van der Waals surface area (Å²) in [6.45, 7) is 3.13. The summed E-state index contributed by atoms with van der Waals surface area (Å²) < 4.78 is 4.87. The molecule has 1 atom stereocenters. The Hall–Kier alpha value is -0.770. The minimum absolute atomic E-state index is 0.157. The molecule has 0 aliphatic carbocycles. The Morgan fingerprint density at radius 3 is 2.44 bits per heavy atom. The van der Waals surface area contributed by atoms with Gasteiger partial charge in [0.05, 0.1) is 13.3 Å². The summed E-state index contributed by atoms with van der Waals surface area (Å²) in [6.07, 6.45) is 7.46. The van der Waals surface area contributed by atoms with Gasteiger partial charge in [-0.3, -0.25) is 9.80 Å². The lowest BCUT2D eigenvalue weighted by atomic mass is 10.0.